The number of rotatable bonds is 15. The van der Waals surface area contributed by atoms with Gasteiger partial charge in [0.25, 0.3) is 0 Å². The van der Waals surface area contributed by atoms with Crippen LogP contribution in [-0.4, -0.2) is 42.1 Å². The quantitative estimate of drug-likeness (QED) is 0.323. The maximum atomic E-state index is 9.04. The molecule has 1 aliphatic rings. The number of hydrogen-bond donors (Lipinski definition) is 1. The maximum Gasteiger partial charge on any atom is 0.0991 e. The highest BCUT2D eigenvalue weighted by Crippen LogP contribution is 2.12. The van der Waals surface area contributed by atoms with Gasteiger partial charge in [0.05, 0.1) is 19.0 Å². The van der Waals surface area contributed by atoms with Crippen LogP contribution in [0.15, 0.2) is 41.4 Å². The summed E-state index contributed by atoms with van der Waals surface area (Å²) in [6.07, 6.45) is 25.6. The Morgan fingerprint density at radius 3 is 2.36 bits per heavy atom. The zero-order chi connectivity index (χ0) is 18.0. The van der Waals surface area contributed by atoms with Gasteiger partial charge in [0.2, 0.25) is 0 Å². The molecule has 0 unspecified atom stereocenters. The zero-order valence-corrected chi connectivity index (χ0v) is 16.2. The van der Waals surface area contributed by atoms with E-state index >= 15 is 0 Å². The molecule has 25 heavy (non-hydrogen) atoms. The summed E-state index contributed by atoms with van der Waals surface area (Å²) in [5.41, 5.74) is 0. The van der Waals surface area contributed by atoms with Gasteiger partial charge in [0, 0.05) is 19.5 Å². The molecule has 0 bridgehead atoms. The van der Waals surface area contributed by atoms with Crippen molar-refractivity contribution >= 4 is 5.84 Å². The Hall–Kier alpha value is -1.35. The van der Waals surface area contributed by atoms with Gasteiger partial charge in [-0.15, -0.1) is 0 Å². The summed E-state index contributed by atoms with van der Waals surface area (Å²) in [4.78, 5) is 6.79. The number of allylic oxidation sites excluding steroid dienone is 6. The first-order chi connectivity index (χ1) is 12.4. The van der Waals surface area contributed by atoms with Crippen molar-refractivity contribution in [1.29, 1.82) is 0 Å². The minimum Gasteiger partial charge on any atom is -0.395 e. The number of aliphatic hydroxyl groups excluding tert-OH is 1. The molecule has 1 aliphatic heterocycles. The molecule has 0 aromatic heterocycles. The Balaban J connectivity index is 1.89. The molecule has 1 heterocycles. The average molecular weight is 347 g/mol. The van der Waals surface area contributed by atoms with Crippen LogP contribution >= 0.6 is 0 Å². The summed E-state index contributed by atoms with van der Waals surface area (Å²) in [6, 6.07) is 0. The predicted molar refractivity (Wildman–Crippen MR) is 110 cm³/mol. The van der Waals surface area contributed by atoms with E-state index in [1.54, 1.807) is 0 Å². The van der Waals surface area contributed by atoms with Crippen LogP contribution in [0.5, 0.6) is 0 Å². The summed E-state index contributed by atoms with van der Waals surface area (Å²) in [7, 11) is 0. The lowest BCUT2D eigenvalue weighted by Crippen LogP contribution is -2.30. The lowest BCUT2D eigenvalue weighted by molar-refractivity contribution is 0.255. The third kappa shape index (κ3) is 11.8. The van der Waals surface area contributed by atoms with Crippen molar-refractivity contribution in [1.82, 2.24) is 4.90 Å². The van der Waals surface area contributed by atoms with E-state index < -0.39 is 0 Å². The van der Waals surface area contributed by atoms with Gasteiger partial charge in [-0.05, 0) is 38.5 Å². The average Bonchev–Trinajstić information content (AvgIpc) is 3.06. The summed E-state index contributed by atoms with van der Waals surface area (Å²) in [5.74, 6) is 1.22. The van der Waals surface area contributed by atoms with Crippen LogP contribution in [0.1, 0.15) is 71.1 Å². The molecule has 142 valence electrons. The van der Waals surface area contributed by atoms with Gasteiger partial charge in [-0.25, -0.2) is 0 Å². The molecule has 0 saturated heterocycles. The third-order valence-corrected chi connectivity index (χ3v) is 4.45. The van der Waals surface area contributed by atoms with E-state index in [-0.39, 0.29) is 6.61 Å². The molecule has 0 amide bonds. The largest absolute Gasteiger partial charge is 0.395 e. The van der Waals surface area contributed by atoms with Crippen LogP contribution in [0, 0.1) is 0 Å². The first-order valence-electron chi connectivity index (χ1n) is 10.2. The van der Waals surface area contributed by atoms with Gasteiger partial charge in [-0.2, -0.15) is 0 Å². The van der Waals surface area contributed by atoms with Crippen molar-refractivity contribution in [3.8, 4) is 0 Å². The van der Waals surface area contributed by atoms with E-state index in [4.69, 9.17) is 5.11 Å². The van der Waals surface area contributed by atoms with E-state index in [9.17, 15) is 0 Å². The summed E-state index contributed by atoms with van der Waals surface area (Å²) in [6.45, 7) is 5.05. The maximum absolute atomic E-state index is 9.04. The SMILES string of the molecule is CCC=CCC=CCC=CCCCCCCCC1=NCCN1CCO. The smallest absolute Gasteiger partial charge is 0.0991 e. The van der Waals surface area contributed by atoms with E-state index in [2.05, 4.69) is 53.3 Å². The first-order valence-corrected chi connectivity index (χ1v) is 10.2. The van der Waals surface area contributed by atoms with E-state index in [0.717, 1.165) is 45.3 Å². The highest BCUT2D eigenvalue weighted by molar-refractivity contribution is 5.83. The number of hydrogen-bond acceptors (Lipinski definition) is 3. The van der Waals surface area contributed by atoms with Crippen LogP contribution in [-0.2, 0) is 0 Å². The lowest BCUT2D eigenvalue weighted by Gasteiger charge is -2.18. The molecule has 0 aromatic carbocycles. The van der Waals surface area contributed by atoms with Crippen molar-refractivity contribution < 1.29 is 5.11 Å². The molecule has 0 atom stereocenters. The molecular formula is C22H38N2O. The minimum atomic E-state index is 0.234. The van der Waals surface area contributed by atoms with Crippen molar-refractivity contribution in [2.45, 2.75) is 71.1 Å². The fraction of sp³-hybridized carbons (Fsp3) is 0.682. The van der Waals surface area contributed by atoms with Gasteiger partial charge in [-0.1, -0.05) is 62.6 Å². The van der Waals surface area contributed by atoms with E-state index in [1.165, 1.54) is 44.4 Å². The number of nitrogens with zero attached hydrogens (tertiary/aromatic N) is 2. The van der Waals surface area contributed by atoms with Crippen molar-refractivity contribution in [3.05, 3.63) is 36.5 Å². The second-order valence-electron chi connectivity index (χ2n) is 6.61. The molecular weight excluding hydrogens is 308 g/mol. The second kappa shape index (κ2) is 16.1. The summed E-state index contributed by atoms with van der Waals surface area (Å²) >= 11 is 0. The molecule has 0 aliphatic carbocycles. The van der Waals surface area contributed by atoms with Gasteiger partial charge in [-0.3, -0.25) is 4.99 Å². The topological polar surface area (TPSA) is 35.8 Å². The Morgan fingerprint density at radius 1 is 0.920 bits per heavy atom. The standard InChI is InChI=1S/C22H38N2O/c1-2-3-4-5-6-7-8-9-10-11-12-13-14-15-16-17-22-23-18-19-24(22)20-21-25/h3-4,6-7,9-10,25H,2,5,8,11-21H2,1H3. The molecule has 0 aromatic rings. The van der Waals surface area contributed by atoms with Crippen molar-refractivity contribution in [2.75, 3.05) is 26.2 Å². The monoisotopic (exact) mass is 346 g/mol. The van der Waals surface area contributed by atoms with E-state index in [1.807, 2.05) is 0 Å². The molecule has 3 nitrogen and oxygen atoms in total. The molecule has 0 spiro atoms. The van der Waals surface area contributed by atoms with Gasteiger partial charge < -0.3 is 10.0 Å². The third-order valence-electron chi connectivity index (χ3n) is 4.45. The van der Waals surface area contributed by atoms with E-state index in [0.29, 0.717) is 0 Å². The van der Waals surface area contributed by atoms with Crippen LogP contribution < -0.4 is 0 Å². The molecule has 1 rings (SSSR count). The molecule has 3 heteroatoms. The molecule has 0 saturated carbocycles. The fourth-order valence-electron chi connectivity index (χ4n) is 3.03. The van der Waals surface area contributed by atoms with Gasteiger partial charge in [0.1, 0.15) is 0 Å². The minimum absolute atomic E-state index is 0.234. The number of amidine groups is 1. The Labute approximate surface area is 155 Å². The zero-order valence-electron chi connectivity index (χ0n) is 16.2. The molecule has 0 fully saturated rings. The number of unbranched alkanes of at least 4 members (excludes halogenated alkanes) is 5. The van der Waals surface area contributed by atoms with Gasteiger partial charge in [0.15, 0.2) is 0 Å². The van der Waals surface area contributed by atoms with Crippen molar-refractivity contribution in [2.24, 2.45) is 4.99 Å². The number of aliphatic hydroxyl groups is 1. The summed E-state index contributed by atoms with van der Waals surface area (Å²) < 4.78 is 0. The van der Waals surface area contributed by atoms with Crippen LogP contribution in [0.4, 0.5) is 0 Å². The summed E-state index contributed by atoms with van der Waals surface area (Å²) in [5, 5.41) is 9.04. The number of aliphatic imine (C=N–C) groups is 1. The molecule has 0 radical (unpaired) electrons. The van der Waals surface area contributed by atoms with Crippen LogP contribution in [0.25, 0.3) is 0 Å². The predicted octanol–water partition coefficient (Wildman–Crippen LogP) is 5.28. The highest BCUT2D eigenvalue weighted by Gasteiger charge is 2.14. The van der Waals surface area contributed by atoms with Gasteiger partial charge >= 0.3 is 0 Å². The fourth-order valence-corrected chi connectivity index (χ4v) is 3.03. The van der Waals surface area contributed by atoms with Crippen molar-refractivity contribution in [3.63, 3.8) is 0 Å². The molecule has 1 N–H and O–H groups in total. The Kier molecular flexibility index (Phi) is 14.0. The van der Waals surface area contributed by atoms with Crippen LogP contribution in [0.3, 0.4) is 0 Å². The Bertz CT molecular complexity index is 424. The number of β-amino-alcohol motifs (C(OH)–C–C–N with tert-alkyl or cyclic N) is 1. The Morgan fingerprint density at radius 2 is 1.60 bits per heavy atom. The second-order valence-corrected chi connectivity index (χ2v) is 6.61. The van der Waals surface area contributed by atoms with Crippen LogP contribution in [0.2, 0.25) is 0 Å². The normalized spacial score (nSPS) is 15.3. The lowest BCUT2D eigenvalue weighted by atomic mass is 10.1. The first kappa shape index (κ1) is 21.7. The highest BCUT2D eigenvalue weighted by atomic mass is 16.3.